The molecule has 0 spiro atoms. The largest absolute Gasteiger partial charge is 0.495 e. The molecule has 7 nitrogen and oxygen atoms in total. The first-order valence-electron chi connectivity index (χ1n) is 10.9. The van der Waals surface area contributed by atoms with E-state index in [2.05, 4.69) is 16.8 Å². The number of piperazine rings is 1. The molecule has 1 aliphatic heterocycles. The predicted molar refractivity (Wildman–Crippen MR) is 129 cm³/mol. The van der Waals surface area contributed by atoms with Gasteiger partial charge in [-0.3, -0.25) is 4.79 Å². The summed E-state index contributed by atoms with van der Waals surface area (Å²) in [4.78, 5) is 19.3. The maximum Gasteiger partial charge on any atom is 0.253 e. The van der Waals surface area contributed by atoms with Gasteiger partial charge in [-0.1, -0.05) is 29.7 Å². The van der Waals surface area contributed by atoms with Gasteiger partial charge in [-0.2, -0.15) is 4.31 Å². The fourth-order valence-corrected chi connectivity index (χ4v) is 5.10. The van der Waals surface area contributed by atoms with Crippen LogP contribution in [-0.2, 0) is 10.0 Å². The van der Waals surface area contributed by atoms with Crippen LogP contribution in [0.15, 0.2) is 71.8 Å². The van der Waals surface area contributed by atoms with Gasteiger partial charge in [0.15, 0.2) is 0 Å². The maximum atomic E-state index is 13.1. The minimum Gasteiger partial charge on any atom is -0.495 e. The van der Waals surface area contributed by atoms with Crippen molar-refractivity contribution < 1.29 is 17.9 Å². The predicted octanol–water partition coefficient (Wildman–Crippen LogP) is 2.95. The van der Waals surface area contributed by atoms with Crippen LogP contribution in [0.3, 0.4) is 0 Å². The van der Waals surface area contributed by atoms with E-state index in [1.165, 1.54) is 4.31 Å². The highest BCUT2D eigenvalue weighted by Gasteiger charge is 2.30. The van der Waals surface area contributed by atoms with Crippen LogP contribution in [0.4, 0.5) is 0 Å². The fourth-order valence-electron chi connectivity index (χ4n) is 3.68. The van der Waals surface area contributed by atoms with Crippen LogP contribution in [0.1, 0.15) is 27.2 Å². The van der Waals surface area contributed by atoms with Crippen molar-refractivity contribution in [2.45, 2.75) is 11.8 Å². The number of benzene rings is 2. The third-order valence-electron chi connectivity index (χ3n) is 5.62. The number of aryl methyl sites for hydroxylation is 1. The van der Waals surface area contributed by atoms with Crippen molar-refractivity contribution >= 4 is 15.9 Å². The molecule has 0 unspecified atom stereocenters. The van der Waals surface area contributed by atoms with Crippen LogP contribution in [0.5, 0.6) is 5.75 Å². The van der Waals surface area contributed by atoms with Crippen molar-refractivity contribution in [3.63, 3.8) is 0 Å². The molecule has 8 heteroatoms. The van der Waals surface area contributed by atoms with Gasteiger partial charge in [-0.15, -0.1) is 0 Å². The molecule has 0 atom stereocenters. The quantitative estimate of drug-likeness (QED) is 0.542. The summed E-state index contributed by atoms with van der Waals surface area (Å²) in [6.45, 7) is 3.01. The lowest BCUT2D eigenvalue weighted by Gasteiger charge is -2.34. The molecule has 0 bridgehead atoms. The van der Waals surface area contributed by atoms with E-state index in [0.29, 0.717) is 35.7 Å². The zero-order chi connectivity index (χ0) is 24.1. The van der Waals surface area contributed by atoms with Crippen molar-refractivity contribution in [2.24, 2.45) is 0 Å². The molecule has 0 N–H and O–H groups in total. The Bertz CT molecular complexity index is 1340. The van der Waals surface area contributed by atoms with Gasteiger partial charge in [-0.05, 0) is 55.3 Å². The standard InChI is InChI=1S/C26H25N3O4S/c1-20-6-11-24(12-7-20)34(31,32)29-17-15-28(16-18-29)26(30)22-9-13-25(33-2)21(19-22)8-10-23-5-3-4-14-27-23/h3-7,9,11-14,19H,15-18H2,1-2H3. The Morgan fingerprint density at radius 2 is 1.71 bits per heavy atom. The van der Waals surface area contributed by atoms with E-state index < -0.39 is 10.0 Å². The molecule has 4 rings (SSSR count). The SMILES string of the molecule is COc1ccc(C(=O)N2CCN(S(=O)(=O)c3ccc(C)cc3)CC2)cc1C#Cc1ccccn1. The van der Waals surface area contributed by atoms with E-state index >= 15 is 0 Å². The first-order valence-corrected chi connectivity index (χ1v) is 12.3. The van der Waals surface area contributed by atoms with E-state index in [-0.39, 0.29) is 23.9 Å². The molecule has 1 saturated heterocycles. The molecule has 1 aliphatic rings. The highest BCUT2D eigenvalue weighted by Crippen LogP contribution is 2.22. The van der Waals surface area contributed by atoms with Crippen molar-refractivity contribution in [1.29, 1.82) is 0 Å². The Balaban J connectivity index is 1.48. The second-order valence-electron chi connectivity index (χ2n) is 7.89. The fraction of sp³-hybridized carbons (Fsp3) is 0.231. The number of carbonyl (C=O) groups is 1. The zero-order valence-corrected chi connectivity index (χ0v) is 19.9. The number of hydrogen-bond donors (Lipinski definition) is 0. The number of nitrogens with zero attached hydrogens (tertiary/aromatic N) is 3. The first-order chi connectivity index (χ1) is 16.4. The summed E-state index contributed by atoms with van der Waals surface area (Å²) >= 11 is 0. The third kappa shape index (κ3) is 5.11. The van der Waals surface area contributed by atoms with Crippen LogP contribution in [-0.4, -0.2) is 61.8 Å². The Hall–Kier alpha value is -3.67. The van der Waals surface area contributed by atoms with Crippen molar-refractivity contribution in [3.8, 4) is 17.6 Å². The minimum atomic E-state index is -3.59. The summed E-state index contributed by atoms with van der Waals surface area (Å²) in [7, 11) is -2.04. The number of rotatable bonds is 4. The van der Waals surface area contributed by atoms with E-state index in [1.807, 2.05) is 19.1 Å². The number of methoxy groups -OCH3 is 1. The number of amides is 1. The van der Waals surface area contributed by atoms with Gasteiger partial charge in [-0.25, -0.2) is 13.4 Å². The highest BCUT2D eigenvalue weighted by molar-refractivity contribution is 7.89. The molecule has 3 aromatic rings. The second-order valence-corrected chi connectivity index (χ2v) is 9.83. The summed E-state index contributed by atoms with van der Waals surface area (Å²) in [5.74, 6) is 6.41. The van der Waals surface area contributed by atoms with Crippen molar-refractivity contribution in [1.82, 2.24) is 14.2 Å². The summed E-state index contributed by atoms with van der Waals surface area (Å²) < 4.78 is 32.7. The first kappa shape index (κ1) is 23.5. The van der Waals surface area contributed by atoms with Crippen LogP contribution >= 0.6 is 0 Å². The third-order valence-corrected chi connectivity index (χ3v) is 7.53. The van der Waals surface area contributed by atoms with Gasteiger partial charge in [0.25, 0.3) is 5.91 Å². The lowest BCUT2D eigenvalue weighted by atomic mass is 10.1. The van der Waals surface area contributed by atoms with E-state index in [0.717, 1.165) is 5.56 Å². The Morgan fingerprint density at radius 1 is 0.971 bits per heavy atom. The second kappa shape index (κ2) is 10.1. The van der Waals surface area contributed by atoms with Crippen LogP contribution in [0.2, 0.25) is 0 Å². The minimum absolute atomic E-state index is 0.170. The molecule has 174 valence electrons. The normalized spacial score (nSPS) is 14.2. The molecule has 2 heterocycles. The summed E-state index contributed by atoms with van der Waals surface area (Å²) in [6.07, 6.45) is 1.67. The van der Waals surface area contributed by atoms with Gasteiger partial charge in [0.05, 0.1) is 17.6 Å². The topological polar surface area (TPSA) is 79.8 Å². The molecule has 0 saturated carbocycles. The van der Waals surface area contributed by atoms with Crippen molar-refractivity contribution in [2.75, 3.05) is 33.3 Å². The molecule has 34 heavy (non-hydrogen) atoms. The maximum absolute atomic E-state index is 13.1. The summed E-state index contributed by atoms with van der Waals surface area (Å²) in [5.41, 5.74) is 2.67. The smallest absolute Gasteiger partial charge is 0.253 e. The van der Waals surface area contributed by atoms with Crippen molar-refractivity contribution in [3.05, 3.63) is 89.2 Å². The molecule has 2 aromatic carbocycles. The number of sulfonamides is 1. The Morgan fingerprint density at radius 3 is 2.35 bits per heavy atom. The number of ether oxygens (including phenoxy) is 1. The average Bonchev–Trinajstić information content (AvgIpc) is 2.88. The van der Waals surface area contributed by atoms with E-state index in [1.54, 1.807) is 66.7 Å². The van der Waals surface area contributed by atoms with Crippen LogP contribution in [0, 0.1) is 18.8 Å². The van der Waals surface area contributed by atoms with E-state index in [4.69, 9.17) is 4.74 Å². The monoisotopic (exact) mass is 475 g/mol. The Kier molecular flexibility index (Phi) is 6.96. The number of hydrogen-bond acceptors (Lipinski definition) is 5. The lowest BCUT2D eigenvalue weighted by molar-refractivity contribution is 0.0698. The lowest BCUT2D eigenvalue weighted by Crippen LogP contribution is -2.50. The summed E-state index contributed by atoms with van der Waals surface area (Å²) in [5, 5.41) is 0. The van der Waals surface area contributed by atoms with E-state index in [9.17, 15) is 13.2 Å². The molecular formula is C26H25N3O4S. The number of pyridine rings is 1. The average molecular weight is 476 g/mol. The van der Waals surface area contributed by atoms with Gasteiger partial charge in [0.2, 0.25) is 10.0 Å². The Labute approximate surface area is 200 Å². The van der Waals surface area contributed by atoms with Gasteiger partial charge in [0, 0.05) is 37.9 Å². The molecule has 1 aromatic heterocycles. The molecule has 0 aliphatic carbocycles. The summed E-state index contributed by atoms with van der Waals surface area (Å²) in [6, 6.07) is 17.4. The van der Waals surface area contributed by atoms with Gasteiger partial charge < -0.3 is 9.64 Å². The zero-order valence-electron chi connectivity index (χ0n) is 19.1. The number of aromatic nitrogens is 1. The highest BCUT2D eigenvalue weighted by atomic mass is 32.2. The molecule has 0 radical (unpaired) electrons. The van der Waals surface area contributed by atoms with Crippen LogP contribution < -0.4 is 4.74 Å². The molecule has 1 fully saturated rings. The number of carbonyl (C=O) groups excluding carboxylic acids is 1. The van der Waals surface area contributed by atoms with Crippen LogP contribution in [0.25, 0.3) is 0 Å². The van der Waals surface area contributed by atoms with Gasteiger partial charge in [0.1, 0.15) is 11.4 Å². The van der Waals surface area contributed by atoms with Gasteiger partial charge >= 0.3 is 0 Å². The molecular weight excluding hydrogens is 450 g/mol. The molecule has 1 amide bonds.